The summed E-state index contributed by atoms with van der Waals surface area (Å²) in [6, 6.07) is 0. The summed E-state index contributed by atoms with van der Waals surface area (Å²) in [6.45, 7) is 10.8. The fourth-order valence-electron chi connectivity index (χ4n) is 3.26. The number of carbonyl (C=O) groups excluding carboxylic acids is 1. The zero-order valence-corrected chi connectivity index (χ0v) is 18.7. The largest absolute Gasteiger partial charge is 0.298 e. The molecule has 0 aliphatic heterocycles. The number of hydrogen-bond acceptors (Lipinski definition) is 5. The maximum atomic E-state index is 13.4. The van der Waals surface area contributed by atoms with E-state index in [1.54, 1.807) is 11.3 Å². The maximum Gasteiger partial charge on any atom is 0.263 e. The maximum absolute atomic E-state index is 13.4. The number of hydrogen-bond donors (Lipinski definition) is 0. The van der Waals surface area contributed by atoms with Gasteiger partial charge in [0.2, 0.25) is 0 Å². The molecule has 2 aromatic heterocycles. The van der Waals surface area contributed by atoms with Crippen LogP contribution in [0.4, 0.5) is 0 Å². The van der Waals surface area contributed by atoms with Crippen molar-refractivity contribution in [3.8, 4) is 0 Å². The lowest BCUT2D eigenvalue weighted by Gasteiger charge is -2.17. The highest BCUT2D eigenvalue weighted by molar-refractivity contribution is 7.99. The summed E-state index contributed by atoms with van der Waals surface area (Å²) in [6.07, 6.45) is 5.34. The predicted octanol–water partition coefficient (Wildman–Crippen LogP) is 5.09. The standard InChI is InChI=1S/C21H30N2O2S2/c1-13(2)10-11-23-19(25)17-14-8-6-7-9-15(14)27-18(17)22-20(23)26-12-16(24)21(3,4)5/h13H,6-12H2,1-5H3. The van der Waals surface area contributed by atoms with Crippen molar-refractivity contribution in [2.24, 2.45) is 11.3 Å². The van der Waals surface area contributed by atoms with E-state index in [1.807, 2.05) is 25.3 Å². The molecule has 1 aliphatic rings. The van der Waals surface area contributed by atoms with E-state index in [9.17, 15) is 9.59 Å². The van der Waals surface area contributed by atoms with Crippen molar-refractivity contribution in [1.29, 1.82) is 0 Å². The molecule has 0 atom stereocenters. The molecular formula is C21H30N2O2S2. The highest BCUT2D eigenvalue weighted by Crippen LogP contribution is 2.35. The molecule has 0 N–H and O–H groups in total. The Bertz CT molecular complexity index is 904. The van der Waals surface area contributed by atoms with Crippen LogP contribution in [0.3, 0.4) is 0 Å². The number of Topliss-reactive ketones (excluding diaryl/α,β-unsaturated/α-hetero) is 1. The fraction of sp³-hybridized carbons (Fsp3) is 0.667. The van der Waals surface area contributed by atoms with Crippen molar-refractivity contribution in [3.63, 3.8) is 0 Å². The van der Waals surface area contributed by atoms with Gasteiger partial charge in [-0.1, -0.05) is 46.4 Å². The number of rotatable bonds is 6. The Morgan fingerprint density at radius 1 is 1.26 bits per heavy atom. The molecule has 6 heteroatoms. The van der Waals surface area contributed by atoms with Crippen LogP contribution >= 0.6 is 23.1 Å². The summed E-state index contributed by atoms with van der Waals surface area (Å²) in [5, 5.41) is 1.54. The van der Waals surface area contributed by atoms with E-state index in [0.717, 1.165) is 35.9 Å². The van der Waals surface area contributed by atoms with E-state index in [4.69, 9.17) is 4.98 Å². The minimum absolute atomic E-state index is 0.0887. The SMILES string of the molecule is CC(C)CCn1c(SCC(=O)C(C)(C)C)nc2sc3c(c2c1=O)CCCC3. The predicted molar refractivity (Wildman–Crippen MR) is 115 cm³/mol. The summed E-state index contributed by atoms with van der Waals surface area (Å²) >= 11 is 3.10. The zero-order chi connectivity index (χ0) is 19.8. The molecule has 0 spiro atoms. The van der Waals surface area contributed by atoms with Crippen LogP contribution in [-0.4, -0.2) is 21.1 Å². The average Bonchev–Trinajstić information content (AvgIpc) is 2.96. The van der Waals surface area contributed by atoms with Gasteiger partial charge in [0.25, 0.3) is 5.56 Å². The molecule has 0 amide bonds. The van der Waals surface area contributed by atoms with E-state index in [-0.39, 0.29) is 16.8 Å². The van der Waals surface area contributed by atoms with Crippen molar-refractivity contribution in [2.75, 3.05) is 5.75 Å². The summed E-state index contributed by atoms with van der Waals surface area (Å²) in [5.41, 5.74) is 0.951. The van der Waals surface area contributed by atoms with Gasteiger partial charge in [-0.3, -0.25) is 14.2 Å². The third-order valence-electron chi connectivity index (χ3n) is 5.14. The van der Waals surface area contributed by atoms with Gasteiger partial charge < -0.3 is 0 Å². The molecule has 0 saturated carbocycles. The third-order valence-corrected chi connectivity index (χ3v) is 7.30. The number of aromatic nitrogens is 2. The molecule has 0 unspecified atom stereocenters. The summed E-state index contributed by atoms with van der Waals surface area (Å²) in [7, 11) is 0. The number of carbonyl (C=O) groups is 1. The quantitative estimate of drug-likeness (QED) is 0.495. The fourth-order valence-corrected chi connectivity index (χ4v) is 5.75. The molecule has 0 fully saturated rings. The molecule has 0 radical (unpaired) electrons. The first-order valence-electron chi connectivity index (χ1n) is 9.89. The number of ketones is 1. The lowest BCUT2D eigenvalue weighted by molar-refractivity contribution is -0.123. The molecule has 0 aromatic carbocycles. The second-order valence-corrected chi connectivity index (χ2v) is 10.9. The van der Waals surface area contributed by atoms with Crippen molar-refractivity contribution in [3.05, 3.63) is 20.8 Å². The molecule has 148 valence electrons. The van der Waals surface area contributed by atoms with Crippen LogP contribution < -0.4 is 5.56 Å². The molecule has 0 saturated heterocycles. The van der Waals surface area contributed by atoms with Crippen LogP contribution in [0, 0.1) is 11.3 Å². The molecule has 2 aromatic rings. The Morgan fingerprint density at radius 3 is 2.63 bits per heavy atom. The lowest BCUT2D eigenvalue weighted by Crippen LogP contribution is -2.26. The van der Waals surface area contributed by atoms with Gasteiger partial charge in [0.15, 0.2) is 5.16 Å². The zero-order valence-electron chi connectivity index (χ0n) is 17.1. The van der Waals surface area contributed by atoms with Crippen LogP contribution in [0.25, 0.3) is 10.2 Å². The van der Waals surface area contributed by atoms with Crippen LogP contribution in [0.5, 0.6) is 0 Å². The Balaban J connectivity index is 2.03. The van der Waals surface area contributed by atoms with Crippen molar-refractivity contribution >= 4 is 39.1 Å². The lowest BCUT2D eigenvalue weighted by atomic mass is 9.92. The van der Waals surface area contributed by atoms with Crippen molar-refractivity contribution in [1.82, 2.24) is 9.55 Å². The molecule has 3 rings (SSSR count). The molecule has 0 bridgehead atoms. The number of aryl methyl sites for hydroxylation is 2. The van der Waals surface area contributed by atoms with Gasteiger partial charge in [-0.25, -0.2) is 4.98 Å². The van der Waals surface area contributed by atoms with Gasteiger partial charge in [-0.15, -0.1) is 11.3 Å². The number of thioether (sulfide) groups is 1. The first-order chi connectivity index (χ1) is 12.7. The number of nitrogens with zero attached hydrogens (tertiary/aromatic N) is 2. The van der Waals surface area contributed by atoms with Crippen LogP contribution in [0.15, 0.2) is 9.95 Å². The Labute approximate surface area is 169 Å². The Hall–Kier alpha value is -1.14. The van der Waals surface area contributed by atoms with Gasteiger partial charge in [0.05, 0.1) is 11.1 Å². The smallest absolute Gasteiger partial charge is 0.263 e. The molecule has 2 heterocycles. The van der Waals surface area contributed by atoms with Crippen molar-refractivity contribution in [2.45, 2.75) is 78.4 Å². The molecule has 4 nitrogen and oxygen atoms in total. The van der Waals surface area contributed by atoms with E-state index in [0.29, 0.717) is 23.4 Å². The summed E-state index contributed by atoms with van der Waals surface area (Å²) in [5.74, 6) is 1.05. The van der Waals surface area contributed by atoms with Crippen molar-refractivity contribution < 1.29 is 4.79 Å². The summed E-state index contributed by atoms with van der Waals surface area (Å²) in [4.78, 5) is 32.8. The highest BCUT2D eigenvalue weighted by atomic mass is 32.2. The minimum Gasteiger partial charge on any atom is -0.298 e. The van der Waals surface area contributed by atoms with E-state index in [2.05, 4.69) is 13.8 Å². The van der Waals surface area contributed by atoms with Gasteiger partial charge in [-0.05, 0) is 43.6 Å². The Kier molecular flexibility index (Phi) is 6.16. The molecule has 1 aliphatic carbocycles. The van der Waals surface area contributed by atoms with Crippen LogP contribution in [0.1, 0.15) is 64.3 Å². The topological polar surface area (TPSA) is 52.0 Å². The molecular weight excluding hydrogens is 376 g/mol. The van der Waals surface area contributed by atoms with E-state index in [1.165, 1.54) is 28.6 Å². The van der Waals surface area contributed by atoms with Gasteiger partial charge in [0.1, 0.15) is 10.6 Å². The Morgan fingerprint density at radius 2 is 1.96 bits per heavy atom. The first-order valence-corrected chi connectivity index (χ1v) is 11.7. The first kappa shape index (κ1) is 20.6. The normalized spacial score (nSPS) is 14.7. The van der Waals surface area contributed by atoms with Crippen LogP contribution in [-0.2, 0) is 24.2 Å². The minimum atomic E-state index is -0.373. The molecule has 27 heavy (non-hydrogen) atoms. The van der Waals surface area contributed by atoms with E-state index >= 15 is 0 Å². The van der Waals surface area contributed by atoms with Crippen LogP contribution in [0.2, 0.25) is 0 Å². The monoisotopic (exact) mass is 406 g/mol. The second-order valence-electron chi connectivity index (χ2n) is 8.89. The third kappa shape index (κ3) is 4.48. The number of thiophene rings is 1. The van der Waals surface area contributed by atoms with Gasteiger partial charge >= 0.3 is 0 Å². The second kappa shape index (κ2) is 8.08. The van der Waals surface area contributed by atoms with Gasteiger partial charge in [0, 0.05) is 16.8 Å². The highest BCUT2D eigenvalue weighted by Gasteiger charge is 2.25. The average molecular weight is 407 g/mol. The van der Waals surface area contributed by atoms with E-state index < -0.39 is 0 Å². The number of fused-ring (bicyclic) bond motifs is 3. The van der Waals surface area contributed by atoms with Gasteiger partial charge in [-0.2, -0.15) is 0 Å². The summed E-state index contributed by atoms with van der Waals surface area (Å²) < 4.78 is 1.82.